The van der Waals surface area contributed by atoms with Gasteiger partial charge in [0.2, 0.25) is 0 Å². The van der Waals surface area contributed by atoms with E-state index < -0.39 is 0 Å². The second kappa shape index (κ2) is 4.80. The molecule has 2 heteroatoms. The van der Waals surface area contributed by atoms with Gasteiger partial charge in [0, 0.05) is 9.80 Å². The van der Waals surface area contributed by atoms with E-state index in [9.17, 15) is 0 Å². The van der Waals surface area contributed by atoms with Crippen LogP contribution in [0.5, 0.6) is 0 Å². The van der Waals surface area contributed by atoms with Gasteiger partial charge in [0.25, 0.3) is 0 Å². The van der Waals surface area contributed by atoms with Gasteiger partial charge in [-0.1, -0.05) is 51.8 Å². The lowest BCUT2D eigenvalue weighted by atomic mass is 9.86. The van der Waals surface area contributed by atoms with E-state index in [1.165, 1.54) is 15.6 Å². The molecule has 1 rings (SSSR count). The zero-order valence-corrected chi connectivity index (χ0v) is 12.1. The number of benzene rings is 1. The highest BCUT2D eigenvalue weighted by molar-refractivity contribution is 9.10. The molecule has 0 aliphatic heterocycles. The topological polar surface area (TPSA) is 0 Å². The summed E-state index contributed by atoms with van der Waals surface area (Å²) in [5.74, 6) is 0. The van der Waals surface area contributed by atoms with Gasteiger partial charge >= 0.3 is 0 Å². The van der Waals surface area contributed by atoms with E-state index in [0.29, 0.717) is 5.41 Å². The summed E-state index contributed by atoms with van der Waals surface area (Å²) in [6.45, 7) is 6.73. The van der Waals surface area contributed by atoms with Crippen molar-refractivity contribution in [2.75, 3.05) is 5.33 Å². The zero-order valence-electron chi connectivity index (χ0n) is 8.90. The summed E-state index contributed by atoms with van der Waals surface area (Å²) in [7, 11) is 0. The second-order valence-corrected chi connectivity index (χ2v) is 6.02. The molecule has 0 N–H and O–H groups in total. The van der Waals surface area contributed by atoms with Crippen LogP contribution in [0.25, 0.3) is 0 Å². The van der Waals surface area contributed by atoms with E-state index in [1.54, 1.807) is 0 Å². The molecule has 0 unspecified atom stereocenters. The molecule has 0 aliphatic rings. The molecule has 0 fully saturated rings. The fraction of sp³-hybridized carbons (Fsp3) is 0.500. The molecule has 0 aliphatic carbocycles. The lowest BCUT2D eigenvalue weighted by Crippen LogP contribution is -2.17. The summed E-state index contributed by atoms with van der Waals surface area (Å²) >= 11 is 7.07. The molecule has 0 bridgehead atoms. The first kappa shape index (κ1) is 12.3. The maximum Gasteiger partial charge on any atom is 0.0178 e. The van der Waals surface area contributed by atoms with Gasteiger partial charge in [0.05, 0.1) is 0 Å². The van der Waals surface area contributed by atoms with Crippen LogP contribution < -0.4 is 0 Å². The minimum absolute atomic E-state index is 0.325. The van der Waals surface area contributed by atoms with Crippen LogP contribution in [-0.2, 0) is 6.42 Å². The Bertz CT molecular complexity index is 316. The predicted molar refractivity (Wildman–Crippen MR) is 70.2 cm³/mol. The highest BCUT2D eigenvalue weighted by Gasteiger charge is 2.17. The van der Waals surface area contributed by atoms with Crippen LogP contribution in [0.1, 0.15) is 25.0 Å². The third kappa shape index (κ3) is 3.39. The standard InChI is InChI=1S/C12H16Br2/c1-9-4-5-11(14)6-10(9)7-12(2,3)8-13/h4-6H,7-8H2,1-3H3. The Kier molecular flexibility index (Phi) is 4.20. The third-order valence-electron chi connectivity index (χ3n) is 2.34. The van der Waals surface area contributed by atoms with Gasteiger partial charge in [-0.25, -0.2) is 0 Å². The van der Waals surface area contributed by atoms with Crippen LogP contribution in [0.15, 0.2) is 22.7 Å². The van der Waals surface area contributed by atoms with Crippen molar-refractivity contribution in [1.82, 2.24) is 0 Å². The molecule has 0 radical (unpaired) electrons. The smallest absolute Gasteiger partial charge is 0.0178 e. The van der Waals surface area contributed by atoms with Gasteiger partial charge in [0.15, 0.2) is 0 Å². The molecule has 1 aromatic rings. The molecule has 0 amide bonds. The Morgan fingerprint density at radius 2 is 1.93 bits per heavy atom. The monoisotopic (exact) mass is 318 g/mol. The molecule has 0 nitrogen and oxygen atoms in total. The molecule has 0 spiro atoms. The van der Waals surface area contributed by atoms with Crippen molar-refractivity contribution in [3.05, 3.63) is 33.8 Å². The van der Waals surface area contributed by atoms with Crippen LogP contribution in [0.2, 0.25) is 0 Å². The van der Waals surface area contributed by atoms with E-state index in [1.807, 2.05) is 0 Å². The van der Waals surface area contributed by atoms with Crippen LogP contribution in [0.4, 0.5) is 0 Å². The van der Waals surface area contributed by atoms with Gasteiger partial charge in [0.1, 0.15) is 0 Å². The summed E-state index contributed by atoms with van der Waals surface area (Å²) in [6, 6.07) is 6.49. The number of halogens is 2. The van der Waals surface area contributed by atoms with Crippen molar-refractivity contribution in [2.45, 2.75) is 27.2 Å². The first-order valence-corrected chi connectivity index (χ1v) is 6.67. The number of rotatable bonds is 3. The van der Waals surface area contributed by atoms with Crippen LogP contribution in [0, 0.1) is 12.3 Å². The summed E-state index contributed by atoms with van der Waals surface area (Å²) in [5.41, 5.74) is 3.14. The quantitative estimate of drug-likeness (QED) is 0.707. The number of hydrogen-bond acceptors (Lipinski definition) is 0. The Hall–Kier alpha value is 0.180. The summed E-state index contributed by atoms with van der Waals surface area (Å²) in [5, 5.41) is 1.03. The first-order valence-electron chi connectivity index (χ1n) is 4.75. The van der Waals surface area contributed by atoms with Crippen LogP contribution in [-0.4, -0.2) is 5.33 Å². The second-order valence-electron chi connectivity index (χ2n) is 4.55. The highest BCUT2D eigenvalue weighted by atomic mass is 79.9. The number of alkyl halides is 1. The molecule has 0 atom stereocenters. The molecular formula is C12H16Br2. The van der Waals surface area contributed by atoms with Crippen LogP contribution >= 0.6 is 31.9 Å². The van der Waals surface area contributed by atoms with Crippen molar-refractivity contribution in [2.24, 2.45) is 5.41 Å². The predicted octanol–water partition coefficient (Wildman–Crippen LogP) is 4.72. The summed E-state index contributed by atoms with van der Waals surface area (Å²) in [4.78, 5) is 0. The van der Waals surface area contributed by atoms with E-state index >= 15 is 0 Å². The van der Waals surface area contributed by atoms with Gasteiger partial charge in [-0.15, -0.1) is 0 Å². The lowest BCUT2D eigenvalue weighted by molar-refractivity contribution is 0.424. The molecule has 0 saturated carbocycles. The van der Waals surface area contributed by atoms with Crippen molar-refractivity contribution in [3.63, 3.8) is 0 Å². The Balaban J connectivity index is 2.91. The largest absolute Gasteiger partial charge is 0.0922 e. The van der Waals surface area contributed by atoms with E-state index in [-0.39, 0.29) is 0 Å². The number of aryl methyl sites for hydroxylation is 1. The Labute approximate surface area is 103 Å². The Morgan fingerprint density at radius 1 is 1.29 bits per heavy atom. The fourth-order valence-electron chi connectivity index (χ4n) is 1.39. The van der Waals surface area contributed by atoms with Gasteiger partial charge in [-0.2, -0.15) is 0 Å². The minimum atomic E-state index is 0.325. The molecular weight excluding hydrogens is 304 g/mol. The summed E-state index contributed by atoms with van der Waals surface area (Å²) < 4.78 is 1.17. The molecule has 1 aromatic carbocycles. The average Bonchev–Trinajstić information content (AvgIpc) is 2.11. The molecule has 78 valence electrons. The van der Waals surface area contributed by atoms with E-state index in [4.69, 9.17) is 0 Å². The van der Waals surface area contributed by atoms with Crippen molar-refractivity contribution in [1.29, 1.82) is 0 Å². The van der Waals surface area contributed by atoms with Gasteiger partial charge < -0.3 is 0 Å². The van der Waals surface area contributed by atoms with Crippen molar-refractivity contribution in [3.8, 4) is 0 Å². The minimum Gasteiger partial charge on any atom is -0.0922 e. The third-order valence-corrected chi connectivity index (χ3v) is 4.35. The van der Waals surface area contributed by atoms with Gasteiger partial charge in [-0.05, 0) is 42.0 Å². The highest BCUT2D eigenvalue weighted by Crippen LogP contribution is 2.27. The molecule has 14 heavy (non-hydrogen) atoms. The Morgan fingerprint density at radius 3 is 2.50 bits per heavy atom. The van der Waals surface area contributed by atoms with Crippen molar-refractivity contribution >= 4 is 31.9 Å². The summed E-state index contributed by atoms with van der Waals surface area (Å²) in [6.07, 6.45) is 1.11. The lowest BCUT2D eigenvalue weighted by Gasteiger charge is -2.22. The first-order chi connectivity index (χ1) is 6.44. The zero-order chi connectivity index (χ0) is 10.8. The maximum atomic E-state index is 3.56. The van der Waals surface area contributed by atoms with Crippen LogP contribution in [0.3, 0.4) is 0 Å². The van der Waals surface area contributed by atoms with Crippen molar-refractivity contribution < 1.29 is 0 Å². The molecule has 0 heterocycles. The molecule has 0 saturated heterocycles. The number of hydrogen-bond donors (Lipinski definition) is 0. The SMILES string of the molecule is Cc1ccc(Br)cc1CC(C)(C)CBr. The molecule has 0 aromatic heterocycles. The fourth-order valence-corrected chi connectivity index (χ4v) is 2.00. The van der Waals surface area contributed by atoms with E-state index in [0.717, 1.165) is 11.8 Å². The van der Waals surface area contributed by atoms with E-state index in [2.05, 4.69) is 70.8 Å². The van der Waals surface area contributed by atoms with Gasteiger partial charge in [-0.3, -0.25) is 0 Å². The maximum absolute atomic E-state index is 3.56. The average molecular weight is 320 g/mol. The normalized spacial score (nSPS) is 11.8.